The summed E-state index contributed by atoms with van der Waals surface area (Å²) in [5.74, 6) is 0.758. The fourth-order valence-electron chi connectivity index (χ4n) is 2.62. The van der Waals surface area contributed by atoms with Crippen LogP contribution in [0.5, 0.6) is 0 Å². The van der Waals surface area contributed by atoms with Crippen LogP contribution in [-0.4, -0.2) is 46.3 Å². The van der Waals surface area contributed by atoms with Gasteiger partial charge >= 0.3 is 0 Å². The van der Waals surface area contributed by atoms with Gasteiger partial charge in [0.2, 0.25) is 5.95 Å². The van der Waals surface area contributed by atoms with Crippen LogP contribution in [0.3, 0.4) is 0 Å². The van der Waals surface area contributed by atoms with Crippen LogP contribution >= 0.6 is 0 Å². The van der Waals surface area contributed by atoms with E-state index < -0.39 is 0 Å². The van der Waals surface area contributed by atoms with Gasteiger partial charge in [-0.2, -0.15) is 0 Å². The number of aromatic nitrogens is 4. The van der Waals surface area contributed by atoms with Crippen molar-refractivity contribution in [2.24, 2.45) is 0 Å². The van der Waals surface area contributed by atoms with Crippen molar-refractivity contribution in [3.63, 3.8) is 0 Å². The molecule has 22 heavy (non-hydrogen) atoms. The van der Waals surface area contributed by atoms with Gasteiger partial charge < -0.3 is 10.2 Å². The SMILES string of the molecule is c1ccc2nnc(-c3ccnc(N4CCNCC4)n3)cc2c1. The zero-order valence-electron chi connectivity index (χ0n) is 12.1. The zero-order chi connectivity index (χ0) is 14.8. The van der Waals surface area contributed by atoms with Crippen molar-refractivity contribution in [2.45, 2.75) is 0 Å². The molecule has 0 atom stereocenters. The predicted octanol–water partition coefficient (Wildman–Crippen LogP) is 1.50. The molecule has 1 saturated heterocycles. The van der Waals surface area contributed by atoms with Gasteiger partial charge in [-0.05, 0) is 18.2 Å². The lowest BCUT2D eigenvalue weighted by Crippen LogP contribution is -2.44. The molecule has 0 radical (unpaired) electrons. The van der Waals surface area contributed by atoms with E-state index >= 15 is 0 Å². The summed E-state index contributed by atoms with van der Waals surface area (Å²) in [5, 5.41) is 13.0. The van der Waals surface area contributed by atoms with Gasteiger partial charge in [-0.15, -0.1) is 10.2 Å². The standard InChI is InChI=1S/C16H16N6/c1-2-4-13-12(3-1)11-15(21-20-13)14-5-6-18-16(19-14)22-9-7-17-8-10-22/h1-6,11,17H,7-10H2. The topological polar surface area (TPSA) is 66.8 Å². The molecule has 1 N–H and O–H groups in total. The van der Waals surface area contributed by atoms with Crippen molar-refractivity contribution in [3.8, 4) is 11.4 Å². The van der Waals surface area contributed by atoms with E-state index in [4.69, 9.17) is 0 Å². The summed E-state index contributed by atoms with van der Waals surface area (Å²) < 4.78 is 0. The molecule has 0 saturated carbocycles. The third kappa shape index (κ3) is 2.48. The number of rotatable bonds is 2. The molecule has 3 heterocycles. The Kier molecular flexibility index (Phi) is 3.36. The van der Waals surface area contributed by atoms with Crippen LogP contribution in [0.15, 0.2) is 42.6 Å². The average Bonchev–Trinajstić information content (AvgIpc) is 2.62. The smallest absolute Gasteiger partial charge is 0.225 e. The molecule has 2 aromatic heterocycles. The van der Waals surface area contributed by atoms with Gasteiger partial charge in [-0.1, -0.05) is 18.2 Å². The molecule has 0 spiro atoms. The van der Waals surface area contributed by atoms with Gasteiger partial charge in [-0.3, -0.25) is 0 Å². The van der Waals surface area contributed by atoms with Crippen molar-refractivity contribution in [1.82, 2.24) is 25.5 Å². The maximum atomic E-state index is 4.66. The normalized spacial score (nSPS) is 15.2. The zero-order valence-corrected chi connectivity index (χ0v) is 12.1. The highest BCUT2D eigenvalue weighted by Gasteiger charge is 2.14. The quantitative estimate of drug-likeness (QED) is 0.772. The molecule has 0 bridgehead atoms. The van der Waals surface area contributed by atoms with Gasteiger partial charge in [0, 0.05) is 37.8 Å². The molecule has 0 aliphatic carbocycles. The highest BCUT2D eigenvalue weighted by molar-refractivity contribution is 5.81. The Balaban J connectivity index is 1.71. The number of hydrogen-bond donors (Lipinski definition) is 1. The molecule has 6 heteroatoms. The second-order valence-corrected chi connectivity index (χ2v) is 5.27. The molecule has 1 aliphatic rings. The Morgan fingerprint density at radius 2 is 1.82 bits per heavy atom. The third-order valence-corrected chi connectivity index (χ3v) is 3.80. The first-order valence-electron chi connectivity index (χ1n) is 7.42. The molecule has 3 aromatic rings. The van der Waals surface area contributed by atoms with Gasteiger partial charge in [0.15, 0.2) is 0 Å². The van der Waals surface area contributed by atoms with Crippen molar-refractivity contribution >= 4 is 16.9 Å². The molecule has 1 fully saturated rings. The molecule has 0 unspecified atom stereocenters. The minimum Gasteiger partial charge on any atom is -0.338 e. The van der Waals surface area contributed by atoms with Crippen LogP contribution in [0.25, 0.3) is 22.3 Å². The molecule has 1 aliphatic heterocycles. The van der Waals surface area contributed by atoms with Crippen molar-refractivity contribution in [1.29, 1.82) is 0 Å². The van der Waals surface area contributed by atoms with Crippen LogP contribution < -0.4 is 10.2 Å². The van der Waals surface area contributed by atoms with E-state index in [0.717, 1.165) is 54.4 Å². The van der Waals surface area contributed by atoms with E-state index in [-0.39, 0.29) is 0 Å². The van der Waals surface area contributed by atoms with Gasteiger partial charge in [0.25, 0.3) is 0 Å². The minimum absolute atomic E-state index is 0.758. The van der Waals surface area contributed by atoms with E-state index in [1.54, 1.807) is 6.20 Å². The number of anilines is 1. The Labute approximate surface area is 128 Å². The minimum atomic E-state index is 0.758. The molecule has 6 nitrogen and oxygen atoms in total. The van der Waals surface area contributed by atoms with Gasteiger partial charge in [0.05, 0.1) is 11.2 Å². The van der Waals surface area contributed by atoms with Crippen LogP contribution in [-0.2, 0) is 0 Å². The average molecular weight is 292 g/mol. The van der Waals surface area contributed by atoms with E-state index in [9.17, 15) is 0 Å². The molecular formula is C16H16N6. The first-order valence-corrected chi connectivity index (χ1v) is 7.42. The van der Waals surface area contributed by atoms with Crippen molar-refractivity contribution in [2.75, 3.05) is 31.1 Å². The molecule has 0 amide bonds. The lowest BCUT2D eigenvalue weighted by molar-refractivity contribution is 0.580. The number of benzene rings is 1. The largest absolute Gasteiger partial charge is 0.338 e. The van der Waals surface area contributed by atoms with E-state index in [1.807, 2.05) is 36.4 Å². The molecule has 1 aromatic carbocycles. The third-order valence-electron chi connectivity index (χ3n) is 3.80. The lowest BCUT2D eigenvalue weighted by atomic mass is 10.2. The Morgan fingerprint density at radius 1 is 0.955 bits per heavy atom. The first-order chi connectivity index (χ1) is 10.9. The van der Waals surface area contributed by atoms with Crippen molar-refractivity contribution < 1.29 is 0 Å². The summed E-state index contributed by atoms with van der Waals surface area (Å²) >= 11 is 0. The Morgan fingerprint density at radius 3 is 2.73 bits per heavy atom. The Hall–Kier alpha value is -2.60. The summed E-state index contributed by atoms with van der Waals surface area (Å²) in [6, 6.07) is 11.9. The number of nitrogens with one attached hydrogen (secondary N) is 1. The molecular weight excluding hydrogens is 276 g/mol. The number of nitrogens with zero attached hydrogens (tertiary/aromatic N) is 5. The maximum Gasteiger partial charge on any atom is 0.225 e. The first kappa shape index (κ1) is 13.1. The summed E-state index contributed by atoms with van der Waals surface area (Å²) in [6.45, 7) is 3.77. The highest BCUT2D eigenvalue weighted by atomic mass is 15.3. The van der Waals surface area contributed by atoms with Crippen molar-refractivity contribution in [3.05, 3.63) is 42.6 Å². The second-order valence-electron chi connectivity index (χ2n) is 5.27. The number of fused-ring (bicyclic) bond motifs is 1. The second kappa shape index (κ2) is 5.65. The number of piperazine rings is 1. The summed E-state index contributed by atoms with van der Waals surface area (Å²) in [7, 11) is 0. The van der Waals surface area contributed by atoms with E-state index in [1.165, 1.54) is 0 Å². The van der Waals surface area contributed by atoms with Crippen LogP contribution in [0.4, 0.5) is 5.95 Å². The highest BCUT2D eigenvalue weighted by Crippen LogP contribution is 2.20. The lowest BCUT2D eigenvalue weighted by Gasteiger charge is -2.27. The molecule has 4 rings (SSSR count). The van der Waals surface area contributed by atoms with Crippen LogP contribution in [0, 0.1) is 0 Å². The predicted molar refractivity (Wildman–Crippen MR) is 85.6 cm³/mol. The summed E-state index contributed by atoms with van der Waals surface area (Å²) in [5.41, 5.74) is 2.47. The fourth-order valence-corrected chi connectivity index (χ4v) is 2.62. The molecule has 110 valence electrons. The fraction of sp³-hybridized carbons (Fsp3) is 0.250. The summed E-state index contributed by atoms with van der Waals surface area (Å²) in [4.78, 5) is 11.2. The van der Waals surface area contributed by atoms with E-state index in [0.29, 0.717) is 0 Å². The monoisotopic (exact) mass is 292 g/mol. The van der Waals surface area contributed by atoms with Crippen LogP contribution in [0.2, 0.25) is 0 Å². The number of hydrogen-bond acceptors (Lipinski definition) is 6. The Bertz CT molecular complexity index is 797. The maximum absolute atomic E-state index is 4.66. The van der Waals surface area contributed by atoms with Gasteiger partial charge in [0.1, 0.15) is 5.69 Å². The summed E-state index contributed by atoms with van der Waals surface area (Å²) in [6.07, 6.45) is 1.79. The van der Waals surface area contributed by atoms with Gasteiger partial charge in [-0.25, -0.2) is 9.97 Å². The van der Waals surface area contributed by atoms with Crippen LogP contribution in [0.1, 0.15) is 0 Å². The van der Waals surface area contributed by atoms with E-state index in [2.05, 4.69) is 30.4 Å².